The van der Waals surface area contributed by atoms with Gasteiger partial charge in [-0.25, -0.2) is 4.79 Å². The Morgan fingerprint density at radius 2 is 1.67 bits per heavy atom. The first-order chi connectivity index (χ1) is 17.5. The van der Waals surface area contributed by atoms with Crippen molar-refractivity contribution in [2.24, 2.45) is 5.92 Å². The molecule has 2 amide bonds. The summed E-state index contributed by atoms with van der Waals surface area (Å²) >= 11 is 0. The van der Waals surface area contributed by atoms with Crippen molar-refractivity contribution in [3.63, 3.8) is 0 Å². The van der Waals surface area contributed by atoms with Gasteiger partial charge in [-0.05, 0) is 37.1 Å². The molecule has 3 aromatic rings. The fourth-order valence-corrected chi connectivity index (χ4v) is 3.93. The highest BCUT2D eigenvalue weighted by Crippen LogP contribution is 2.40. The third kappa shape index (κ3) is 5.68. The number of benzene rings is 2. The van der Waals surface area contributed by atoms with Crippen LogP contribution in [0.4, 0.5) is 10.5 Å². The van der Waals surface area contributed by atoms with Crippen molar-refractivity contribution < 1.29 is 33.0 Å². The Labute approximate surface area is 208 Å². The number of anilines is 1. The smallest absolute Gasteiger partial charge is 0.321 e. The van der Waals surface area contributed by atoms with Crippen LogP contribution >= 0.6 is 0 Å². The van der Waals surface area contributed by atoms with E-state index in [2.05, 4.69) is 15.5 Å². The van der Waals surface area contributed by atoms with Crippen LogP contribution in [0, 0.1) is 5.92 Å². The van der Waals surface area contributed by atoms with Crippen molar-refractivity contribution in [1.82, 2.24) is 15.1 Å². The Bertz CT molecular complexity index is 1170. The van der Waals surface area contributed by atoms with Crippen molar-refractivity contribution >= 4 is 17.7 Å². The fraction of sp³-hybridized carbons (Fsp3) is 0.360. The summed E-state index contributed by atoms with van der Waals surface area (Å²) in [7, 11) is 4.54. The maximum atomic E-state index is 12.6. The van der Waals surface area contributed by atoms with Crippen LogP contribution in [0.2, 0.25) is 0 Å². The summed E-state index contributed by atoms with van der Waals surface area (Å²) in [4.78, 5) is 26.7. The zero-order valence-corrected chi connectivity index (χ0v) is 20.4. The van der Waals surface area contributed by atoms with Crippen LogP contribution < -0.4 is 19.5 Å². The molecule has 1 aliphatic rings. The summed E-state index contributed by atoms with van der Waals surface area (Å²) in [5.41, 5.74) is 1.30. The topological polar surface area (TPSA) is 125 Å². The standard InChI is InChI=1S/C25H28N4O7/c1-32-19-13-17(14-20(33-2)22(19)34-3)23-28-27-21(36-23)15-35-24(30)16-9-11-29(12-10-16)25(31)26-18-7-5-4-6-8-18/h4-8,13-14,16H,9-12,15H2,1-3H3,(H,26,31). The molecule has 1 N–H and O–H groups in total. The number of likely N-dealkylation sites (tertiary alicyclic amines) is 1. The first-order valence-electron chi connectivity index (χ1n) is 11.4. The lowest BCUT2D eigenvalue weighted by atomic mass is 9.97. The number of methoxy groups -OCH3 is 3. The third-order valence-corrected chi connectivity index (χ3v) is 5.86. The lowest BCUT2D eigenvalue weighted by Gasteiger charge is -2.30. The normalized spacial score (nSPS) is 13.7. The number of nitrogens with zero attached hydrogens (tertiary/aromatic N) is 3. The molecule has 1 fully saturated rings. The molecule has 0 bridgehead atoms. The monoisotopic (exact) mass is 496 g/mol. The highest BCUT2D eigenvalue weighted by Gasteiger charge is 2.29. The van der Waals surface area contributed by atoms with E-state index < -0.39 is 0 Å². The Hall–Kier alpha value is -4.28. The van der Waals surface area contributed by atoms with Gasteiger partial charge in [-0.15, -0.1) is 10.2 Å². The van der Waals surface area contributed by atoms with Crippen LogP contribution in [0.1, 0.15) is 18.7 Å². The Balaban J connectivity index is 1.29. The lowest BCUT2D eigenvalue weighted by Crippen LogP contribution is -2.42. The molecule has 0 atom stereocenters. The van der Waals surface area contributed by atoms with E-state index in [9.17, 15) is 9.59 Å². The van der Waals surface area contributed by atoms with E-state index >= 15 is 0 Å². The molecule has 2 heterocycles. The van der Waals surface area contributed by atoms with E-state index in [1.807, 2.05) is 30.3 Å². The van der Waals surface area contributed by atoms with E-state index in [0.29, 0.717) is 48.7 Å². The van der Waals surface area contributed by atoms with Gasteiger partial charge in [0.15, 0.2) is 18.1 Å². The maximum absolute atomic E-state index is 12.6. The second-order valence-electron chi connectivity index (χ2n) is 8.08. The number of carbonyl (C=O) groups excluding carboxylic acids is 2. The molecule has 0 radical (unpaired) electrons. The highest BCUT2D eigenvalue weighted by molar-refractivity contribution is 5.89. The average Bonchev–Trinajstić information content (AvgIpc) is 3.40. The molecule has 11 nitrogen and oxygen atoms in total. The van der Waals surface area contributed by atoms with Crippen LogP contribution in [0.5, 0.6) is 17.2 Å². The molecule has 190 valence electrons. The van der Waals surface area contributed by atoms with Gasteiger partial charge in [0.25, 0.3) is 5.89 Å². The number of hydrogen-bond donors (Lipinski definition) is 1. The summed E-state index contributed by atoms with van der Waals surface area (Å²) in [5.74, 6) is 1.06. The molecular weight excluding hydrogens is 468 g/mol. The van der Waals surface area contributed by atoms with Gasteiger partial charge >= 0.3 is 12.0 Å². The number of rotatable bonds is 8. The molecule has 1 aliphatic heterocycles. The first kappa shape index (κ1) is 24.8. The first-order valence-corrected chi connectivity index (χ1v) is 11.4. The molecule has 0 aliphatic carbocycles. The number of para-hydroxylation sites is 1. The molecule has 0 saturated carbocycles. The van der Waals surface area contributed by atoms with Crippen molar-refractivity contribution in [3.8, 4) is 28.7 Å². The van der Waals surface area contributed by atoms with Crippen molar-refractivity contribution in [1.29, 1.82) is 0 Å². The number of urea groups is 1. The number of nitrogens with one attached hydrogen (secondary N) is 1. The van der Waals surface area contributed by atoms with Gasteiger partial charge in [0.2, 0.25) is 11.6 Å². The zero-order chi connectivity index (χ0) is 25.5. The molecule has 11 heteroatoms. The van der Waals surface area contributed by atoms with Crippen LogP contribution in [0.25, 0.3) is 11.5 Å². The summed E-state index contributed by atoms with van der Waals surface area (Å²) in [6.07, 6.45) is 1.03. The predicted octanol–water partition coefficient (Wildman–Crippen LogP) is 3.75. The largest absolute Gasteiger partial charge is 0.493 e. The number of amides is 2. The second-order valence-corrected chi connectivity index (χ2v) is 8.08. The molecule has 36 heavy (non-hydrogen) atoms. The second kappa shape index (κ2) is 11.4. The summed E-state index contributed by atoms with van der Waals surface area (Å²) in [6, 6.07) is 12.4. The number of hydrogen-bond acceptors (Lipinski definition) is 9. The molecule has 1 aromatic heterocycles. The van der Waals surface area contributed by atoms with E-state index in [1.54, 1.807) is 17.0 Å². The summed E-state index contributed by atoms with van der Waals surface area (Å²) in [6.45, 7) is 0.777. The van der Waals surface area contributed by atoms with Crippen LogP contribution in [-0.4, -0.2) is 61.5 Å². The van der Waals surface area contributed by atoms with Gasteiger partial charge in [-0.2, -0.15) is 0 Å². The molecule has 2 aromatic carbocycles. The van der Waals surface area contributed by atoms with Crippen molar-refractivity contribution in [3.05, 3.63) is 48.4 Å². The number of carbonyl (C=O) groups is 2. The van der Waals surface area contributed by atoms with Crippen LogP contribution in [0.3, 0.4) is 0 Å². The number of esters is 1. The predicted molar refractivity (Wildman–Crippen MR) is 129 cm³/mol. The molecule has 0 spiro atoms. The van der Waals surface area contributed by atoms with E-state index in [4.69, 9.17) is 23.4 Å². The maximum Gasteiger partial charge on any atom is 0.321 e. The third-order valence-electron chi connectivity index (χ3n) is 5.86. The van der Waals surface area contributed by atoms with Gasteiger partial charge < -0.3 is 33.6 Å². The van der Waals surface area contributed by atoms with Gasteiger partial charge in [-0.1, -0.05) is 18.2 Å². The minimum atomic E-state index is -0.356. The summed E-state index contributed by atoms with van der Waals surface area (Å²) < 4.78 is 27.1. The minimum absolute atomic E-state index is 0.148. The van der Waals surface area contributed by atoms with E-state index in [-0.39, 0.29) is 36.3 Å². The van der Waals surface area contributed by atoms with Crippen molar-refractivity contribution in [2.75, 3.05) is 39.7 Å². The van der Waals surface area contributed by atoms with E-state index in [0.717, 1.165) is 5.69 Å². The molecule has 4 rings (SSSR count). The van der Waals surface area contributed by atoms with Gasteiger partial charge in [0, 0.05) is 24.3 Å². The fourth-order valence-electron chi connectivity index (χ4n) is 3.93. The minimum Gasteiger partial charge on any atom is -0.493 e. The molecular formula is C25H28N4O7. The Kier molecular flexibility index (Phi) is 7.89. The van der Waals surface area contributed by atoms with Gasteiger partial charge in [0.05, 0.1) is 27.2 Å². The zero-order valence-electron chi connectivity index (χ0n) is 20.4. The quantitative estimate of drug-likeness (QED) is 0.464. The number of aromatic nitrogens is 2. The average molecular weight is 497 g/mol. The van der Waals surface area contributed by atoms with Crippen LogP contribution in [-0.2, 0) is 16.1 Å². The van der Waals surface area contributed by atoms with Crippen molar-refractivity contribution in [2.45, 2.75) is 19.4 Å². The molecule has 1 saturated heterocycles. The Morgan fingerprint density at radius 3 is 2.28 bits per heavy atom. The highest BCUT2D eigenvalue weighted by atomic mass is 16.5. The Morgan fingerprint density at radius 1 is 1.00 bits per heavy atom. The SMILES string of the molecule is COc1cc(-c2nnc(COC(=O)C3CCN(C(=O)Nc4ccccc4)CC3)o2)cc(OC)c1OC. The lowest BCUT2D eigenvalue weighted by molar-refractivity contribution is -0.152. The molecule has 0 unspecified atom stereocenters. The number of piperidine rings is 1. The van der Waals surface area contributed by atoms with E-state index in [1.165, 1.54) is 21.3 Å². The number of ether oxygens (including phenoxy) is 4. The summed E-state index contributed by atoms with van der Waals surface area (Å²) in [5, 5.41) is 10.9. The van der Waals surface area contributed by atoms with Gasteiger partial charge in [0.1, 0.15) is 0 Å². The van der Waals surface area contributed by atoms with Crippen LogP contribution in [0.15, 0.2) is 46.9 Å². The van der Waals surface area contributed by atoms with Gasteiger partial charge in [-0.3, -0.25) is 4.79 Å².